The Hall–Kier alpha value is -2.04. The number of piperidine rings is 1. The van der Waals surface area contributed by atoms with Crippen molar-refractivity contribution in [3.8, 4) is 0 Å². The molecule has 2 heterocycles. The van der Waals surface area contributed by atoms with Crippen LogP contribution in [0.1, 0.15) is 19.3 Å². The Morgan fingerprint density at radius 1 is 1.26 bits per heavy atom. The fourth-order valence-corrected chi connectivity index (χ4v) is 4.29. The molecule has 1 aliphatic rings. The number of nitrogens with zero attached hydrogens (tertiary/aromatic N) is 5. The van der Waals surface area contributed by atoms with E-state index in [2.05, 4.69) is 10.3 Å². The van der Waals surface area contributed by atoms with Gasteiger partial charge >= 0.3 is 0 Å². The lowest BCUT2D eigenvalue weighted by Gasteiger charge is -2.28. The van der Waals surface area contributed by atoms with Gasteiger partial charge in [0.1, 0.15) is 5.52 Å². The molecular weight excluding hydrogens is 370 g/mol. The summed E-state index contributed by atoms with van der Waals surface area (Å²) in [5.41, 5.74) is 1.22. The number of carbonyl (C=O) groups is 1. The topological polar surface area (TPSA) is 97.6 Å². The summed E-state index contributed by atoms with van der Waals surface area (Å²) in [5.74, 6) is -0.160. The molecule has 10 heteroatoms. The summed E-state index contributed by atoms with van der Waals surface area (Å²) in [6, 6.07) is 4.69. The second kappa shape index (κ2) is 8.32. The molecule has 1 aliphatic heterocycles. The fraction of sp³-hybridized carbons (Fsp3) is 0.588. The zero-order valence-electron chi connectivity index (χ0n) is 15.7. The summed E-state index contributed by atoms with van der Waals surface area (Å²) in [6.07, 6.45) is 3.05. The second-order valence-electron chi connectivity index (χ2n) is 6.66. The van der Waals surface area contributed by atoms with E-state index in [-0.39, 0.29) is 17.3 Å². The van der Waals surface area contributed by atoms with Gasteiger partial charge in [-0.3, -0.25) is 4.79 Å². The van der Waals surface area contributed by atoms with E-state index in [1.165, 1.54) is 19.2 Å². The molecule has 0 radical (unpaired) electrons. The van der Waals surface area contributed by atoms with Crippen LogP contribution in [0.4, 0.5) is 0 Å². The highest BCUT2D eigenvalue weighted by atomic mass is 32.2. The van der Waals surface area contributed by atoms with Gasteiger partial charge in [-0.1, -0.05) is 5.21 Å². The Balaban J connectivity index is 1.76. The van der Waals surface area contributed by atoms with E-state index >= 15 is 0 Å². The van der Waals surface area contributed by atoms with Crippen LogP contribution >= 0.6 is 0 Å². The lowest BCUT2D eigenvalue weighted by Crippen LogP contribution is -2.43. The quantitative estimate of drug-likeness (QED) is 0.685. The minimum Gasteiger partial charge on any atom is -0.383 e. The van der Waals surface area contributed by atoms with Gasteiger partial charge in [0.05, 0.1) is 30.1 Å². The summed E-state index contributed by atoms with van der Waals surface area (Å²) < 4.78 is 33.5. The van der Waals surface area contributed by atoms with Crippen LogP contribution in [-0.4, -0.2) is 78.9 Å². The maximum atomic E-state index is 12.9. The summed E-state index contributed by atoms with van der Waals surface area (Å²) in [6.45, 7) is 2.25. The average molecular weight is 395 g/mol. The number of hydrogen-bond acceptors (Lipinski definition) is 6. The van der Waals surface area contributed by atoms with Gasteiger partial charge in [-0.05, 0) is 37.5 Å². The largest absolute Gasteiger partial charge is 0.383 e. The molecule has 3 rings (SSSR count). The van der Waals surface area contributed by atoms with Crippen LogP contribution in [0.15, 0.2) is 23.1 Å². The SMILES string of the molecule is COCCn1nnc2cc(S(=O)(=O)N(C)CC(=O)N3CCCCC3)ccc21. The van der Waals surface area contributed by atoms with Crippen molar-refractivity contribution in [3.63, 3.8) is 0 Å². The Kier molecular flexibility index (Phi) is 6.08. The molecule has 0 unspecified atom stereocenters. The predicted octanol–water partition coefficient (Wildman–Crippen LogP) is 0.711. The number of carbonyl (C=O) groups excluding carboxylic acids is 1. The number of ether oxygens (including phenoxy) is 1. The number of sulfonamides is 1. The molecule has 27 heavy (non-hydrogen) atoms. The Labute approximate surface area is 158 Å². The van der Waals surface area contributed by atoms with Crippen LogP contribution in [0.3, 0.4) is 0 Å². The maximum absolute atomic E-state index is 12.9. The number of amides is 1. The third-order valence-corrected chi connectivity index (χ3v) is 6.57. The number of likely N-dealkylation sites (tertiary alicyclic amines) is 1. The van der Waals surface area contributed by atoms with Crippen molar-refractivity contribution in [1.82, 2.24) is 24.2 Å². The van der Waals surface area contributed by atoms with Crippen LogP contribution in [0.2, 0.25) is 0 Å². The number of rotatable bonds is 7. The number of fused-ring (bicyclic) bond motifs is 1. The van der Waals surface area contributed by atoms with Crippen molar-refractivity contribution in [3.05, 3.63) is 18.2 Å². The van der Waals surface area contributed by atoms with Gasteiger partial charge in [-0.2, -0.15) is 4.31 Å². The number of likely N-dealkylation sites (N-methyl/N-ethyl adjacent to an activating group) is 1. The van der Waals surface area contributed by atoms with Crippen LogP contribution in [0.25, 0.3) is 11.0 Å². The average Bonchev–Trinajstić information content (AvgIpc) is 3.09. The van der Waals surface area contributed by atoms with Crippen LogP contribution in [0, 0.1) is 0 Å². The third-order valence-electron chi connectivity index (χ3n) is 4.77. The standard InChI is InChI=1S/C17H25N5O4S/c1-20(13-17(23)21-8-4-3-5-9-21)27(24,25)14-6-7-16-15(12-14)18-19-22(16)10-11-26-2/h6-7,12H,3-5,8-11,13H2,1-2H3. The van der Waals surface area contributed by atoms with E-state index in [4.69, 9.17) is 4.74 Å². The lowest BCUT2D eigenvalue weighted by atomic mass is 10.1. The molecule has 2 aromatic rings. The van der Waals surface area contributed by atoms with Crippen LogP contribution in [0.5, 0.6) is 0 Å². The molecule has 0 atom stereocenters. The van der Waals surface area contributed by atoms with Crippen molar-refractivity contribution in [2.24, 2.45) is 0 Å². The second-order valence-corrected chi connectivity index (χ2v) is 8.70. The molecular formula is C17H25N5O4S. The van der Waals surface area contributed by atoms with E-state index < -0.39 is 10.0 Å². The predicted molar refractivity (Wildman–Crippen MR) is 99.7 cm³/mol. The summed E-state index contributed by atoms with van der Waals surface area (Å²) in [5, 5.41) is 8.07. The van der Waals surface area contributed by atoms with Gasteiger partial charge in [-0.25, -0.2) is 13.1 Å². The molecule has 1 amide bonds. The molecule has 148 valence electrons. The molecule has 0 spiro atoms. The first kappa shape index (κ1) is 19.7. The van der Waals surface area contributed by atoms with Crippen molar-refractivity contribution in [2.45, 2.75) is 30.7 Å². The van der Waals surface area contributed by atoms with E-state index in [1.807, 2.05) is 0 Å². The number of methoxy groups -OCH3 is 1. The summed E-state index contributed by atoms with van der Waals surface area (Å²) >= 11 is 0. The number of aromatic nitrogens is 3. The summed E-state index contributed by atoms with van der Waals surface area (Å²) in [7, 11) is -0.758. The molecule has 1 fully saturated rings. The fourth-order valence-electron chi connectivity index (χ4n) is 3.15. The van der Waals surface area contributed by atoms with E-state index in [0.29, 0.717) is 31.8 Å². The maximum Gasteiger partial charge on any atom is 0.243 e. The molecule has 1 saturated heterocycles. The van der Waals surface area contributed by atoms with Crippen molar-refractivity contribution < 1.29 is 17.9 Å². The first-order chi connectivity index (χ1) is 12.9. The van der Waals surface area contributed by atoms with Gasteiger partial charge in [0.25, 0.3) is 0 Å². The van der Waals surface area contributed by atoms with Crippen molar-refractivity contribution >= 4 is 27.0 Å². The first-order valence-electron chi connectivity index (χ1n) is 9.00. The number of hydrogen-bond donors (Lipinski definition) is 0. The van der Waals surface area contributed by atoms with Crippen LogP contribution < -0.4 is 0 Å². The van der Waals surface area contributed by atoms with Gasteiger partial charge in [-0.15, -0.1) is 5.10 Å². The zero-order chi connectivity index (χ0) is 19.4. The smallest absolute Gasteiger partial charge is 0.243 e. The van der Waals surface area contributed by atoms with Gasteiger partial charge in [0.15, 0.2) is 0 Å². The van der Waals surface area contributed by atoms with E-state index in [9.17, 15) is 13.2 Å². The highest BCUT2D eigenvalue weighted by Crippen LogP contribution is 2.20. The van der Waals surface area contributed by atoms with Gasteiger partial charge < -0.3 is 9.64 Å². The van der Waals surface area contributed by atoms with Gasteiger partial charge in [0.2, 0.25) is 15.9 Å². The Morgan fingerprint density at radius 3 is 2.70 bits per heavy atom. The number of benzene rings is 1. The Morgan fingerprint density at radius 2 is 2.00 bits per heavy atom. The molecule has 1 aromatic carbocycles. The monoisotopic (exact) mass is 395 g/mol. The van der Waals surface area contributed by atoms with Crippen LogP contribution in [-0.2, 0) is 26.1 Å². The molecule has 1 aromatic heterocycles. The first-order valence-corrected chi connectivity index (χ1v) is 10.4. The highest BCUT2D eigenvalue weighted by Gasteiger charge is 2.26. The molecule has 0 saturated carbocycles. The lowest BCUT2D eigenvalue weighted by molar-refractivity contribution is -0.132. The zero-order valence-corrected chi connectivity index (χ0v) is 16.5. The molecule has 0 bridgehead atoms. The molecule has 0 N–H and O–H groups in total. The van der Waals surface area contributed by atoms with E-state index in [1.54, 1.807) is 22.8 Å². The minimum atomic E-state index is -3.79. The minimum absolute atomic E-state index is 0.0998. The Bertz CT molecular complexity index is 905. The molecule has 9 nitrogen and oxygen atoms in total. The van der Waals surface area contributed by atoms with Crippen molar-refractivity contribution in [1.29, 1.82) is 0 Å². The normalized spacial score (nSPS) is 15.6. The van der Waals surface area contributed by atoms with Crippen molar-refractivity contribution in [2.75, 3.05) is 40.4 Å². The van der Waals surface area contributed by atoms with Gasteiger partial charge in [0, 0.05) is 27.2 Å². The summed E-state index contributed by atoms with van der Waals surface area (Å²) in [4.78, 5) is 14.2. The highest BCUT2D eigenvalue weighted by molar-refractivity contribution is 7.89. The third kappa shape index (κ3) is 4.28. The molecule has 0 aliphatic carbocycles. The van der Waals surface area contributed by atoms with E-state index in [0.717, 1.165) is 29.1 Å².